The maximum Gasteiger partial charge on any atom is 0.133 e. The molecular formula is C15H28N4. The molecule has 4 heteroatoms. The van der Waals surface area contributed by atoms with Gasteiger partial charge in [-0.25, -0.2) is 4.98 Å². The molecule has 0 aromatic carbocycles. The third-order valence-electron chi connectivity index (χ3n) is 3.43. The third-order valence-corrected chi connectivity index (χ3v) is 3.43. The van der Waals surface area contributed by atoms with Gasteiger partial charge in [0.1, 0.15) is 5.82 Å². The molecule has 1 aromatic rings. The molecule has 0 saturated heterocycles. The molecule has 19 heavy (non-hydrogen) atoms. The van der Waals surface area contributed by atoms with E-state index in [1.807, 2.05) is 19.3 Å². The predicted molar refractivity (Wildman–Crippen MR) is 82.8 cm³/mol. The zero-order valence-corrected chi connectivity index (χ0v) is 13.0. The molecule has 4 nitrogen and oxygen atoms in total. The molecule has 1 atom stereocenters. The van der Waals surface area contributed by atoms with Gasteiger partial charge in [-0.05, 0) is 54.0 Å². The second kappa shape index (κ2) is 8.12. The van der Waals surface area contributed by atoms with Crippen LogP contribution in [0.5, 0.6) is 0 Å². The summed E-state index contributed by atoms with van der Waals surface area (Å²) < 4.78 is 0. The van der Waals surface area contributed by atoms with Gasteiger partial charge in [-0.2, -0.15) is 0 Å². The van der Waals surface area contributed by atoms with Crippen molar-refractivity contribution in [1.29, 1.82) is 0 Å². The van der Waals surface area contributed by atoms with E-state index in [4.69, 9.17) is 0 Å². The van der Waals surface area contributed by atoms with Crippen molar-refractivity contribution in [3.8, 4) is 0 Å². The number of nitrogens with one attached hydrogen (secondary N) is 1. The van der Waals surface area contributed by atoms with Crippen molar-refractivity contribution >= 4 is 5.82 Å². The van der Waals surface area contributed by atoms with E-state index in [1.54, 1.807) is 0 Å². The highest BCUT2D eigenvalue weighted by atomic mass is 15.2. The van der Waals surface area contributed by atoms with Gasteiger partial charge in [0, 0.05) is 30.9 Å². The van der Waals surface area contributed by atoms with Crippen LogP contribution in [0.4, 0.5) is 5.82 Å². The first-order valence-electron chi connectivity index (χ1n) is 7.12. The fourth-order valence-corrected chi connectivity index (χ4v) is 2.16. The molecule has 1 heterocycles. The van der Waals surface area contributed by atoms with E-state index in [0.717, 1.165) is 31.9 Å². The standard InChI is InChI=1S/C15H28N4/c1-6-19(12-8-11-18(4)5)15-14(13(2)16-3)9-7-10-17-15/h7,9-10,13,16H,6,8,11-12H2,1-5H3. The summed E-state index contributed by atoms with van der Waals surface area (Å²) in [6, 6.07) is 4.50. The molecule has 1 rings (SSSR count). The summed E-state index contributed by atoms with van der Waals surface area (Å²) in [5.74, 6) is 1.12. The normalized spacial score (nSPS) is 12.7. The maximum atomic E-state index is 4.59. The van der Waals surface area contributed by atoms with E-state index in [9.17, 15) is 0 Å². The van der Waals surface area contributed by atoms with Crippen molar-refractivity contribution in [2.45, 2.75) is 26.3 Å². The molecule has 0 aliphatic rings. The molecule has 1 N–H and O–H groups in total. The smallest absolute Gasteiger partial charge is 0.133 e. The van der Waals surface area contributed by atoms with Gasteiger partial charge in [-0.3, -0.25) is 0 Å². The van der Waals surface area contributed by atoms with Crippen molar-refractivity contribution in [1.82, 2.24) is 15.2 Å². The van der Waals surface area contributed by atoms with Crippen LogP contribution in [-0.4, -0.2) is 50.7 Å². The quantitative estimate of drug-likeness (QED) is 0.779. The summed E-state index contributed by atoms with van der Waals surface area (Å²) in [6.07, 6.45) is 3.04. The van der Waals surface area contributed by atoms with Crippen molar-refractivity contribution in [2.75, 3.05) is 45.7 Å². The highest BCUT2D eigenvalue weighted by Crippen LogP contribution is 2.23. The Kier molecular flexibility index (Phi) is 6.81. The predicted octanol–water partition coefficient (Wildman–Crippen LogP) is 2.14. The average Bonchev–Trinajstić information content (AvgIpc) is 2.42. The summed E-state index contributed by atoms with van der Waals surface area (Å²) in [5, 5.41) is 3.30. The molecule has 108 valence electrons. The minimum Gasteiger partial charge on any atom is -0.357 e. The Hall–Kier alpha value is -1.13. The van der Waals surface area contributed by atoms with Crippen LogP contribution in [0.3, 0.4) is 0 Å². The monoisotopic (exact) mass is 264 g/mol. The van der Waals surface area contributed by atoms with Crippen LogP contribution in [0, 0.1) is 0 Å². The molecule has 0 spiro atoms. The summed E-state index contributed by atoms with van der Waals surface area (Å²) >= 11 is 0. The summed E-state index contributed by atoms with van der Waals surface area (Å²) in [6.45, 7) is 7.52. The van der Waals surface area contributed by atoms with Crippen molar-refractivity contribution < 1.29 is 0 Å². The van der Waals surface area contributed by atoms with Crippen LogP contribution in [-0.2, 0) is 0 Å². The molecule has 0 aliphatic heterocycles. The molecular weight excluding hydrogens is 236 g/mol. The SMILES string of the molecule is CCN(CCCN(C)C)c1ncccc1C(C)NC. The summed E-state index contributed by atoms with van der Waals surface area (Å²) in [4.78, 5) is 9.18. The summed E-state index contributed by atoms with van der Waals surface area (Å²) in [5.41, 5.74) is 1.27. The van der Waals surface area contributed by atoms with Gasteiger partial charge in [0.15, 0.2) is 0 Å². The van der Waals surface area contributed by atoms with E-state index in [1.165, 1.54) is 5.56 Å². The Morgan fingerprint density at radius 3 is 2.63 bits per heavy atom. The minimum atomic E-state index is 0.326. The number of nitrogens with zero attached hydrogens (tertiary/aromatic N) is 3. The van der Waals surface area contributed by atoms with Gasteiger partial charge in [0.05, 0.1) is 0 Å². The Balaban J connectivity index is 2.79. The van der Waals surface area contributed by atoms with Crippen LogP contribution in [0.25, 0.3) is 0 Å². The zero-order valence-electron chi connectivity index (χ0n) is 13.0. The lowest BCUT2D eigenvalue weighted by molar-refractivity contribution is 0.400. The highest BCUT2D eigenvalue weighted by Gasteiger charge is 2.14. The first-order valence-corrected chi connectivity index (χ1v) is 7.12. The lowest BCUT2D eigenvalue weighted by atomic mass is 10.1. The molecule has 0 aliphatic carbocycles. The lowest BCUT2D eigenvalue weighted by Crippen LogP contribution is -2.29. The fraction of sp³-hybridized carbons (Fsp3) is 0.667. The number of rotatable bonds is 8. The molecule has 0 fully saturated rings. The van der Waals surface area contributed by atoms with Crippen molar-refractivity contribution in [3.63, 3.8) is 0 Å². The number of pyridine rings is 1. The Bertz CT molecular complexity index is 365. The molecule has 0 amide bonds. The van der Waals surface area contributed by atoms with E-state index < -0.39 is 0 Å². The van der Waals surface area contributed by atoms with Crippen molar-refractivity contribution in [3.05, 3.63) is 23.9 Å². The van der Waals surface area contributed by atoms with E-state index in [0.29, 0.717) is 6.04 Å². The maximum absolute atomic E-state index is 4.59. The number of anilines is 1. The van der Waals surface area contributed by atoms with Crippen LogP contribution >= 0.6 is 0 Å². The Morgan fingerprint density at radius 2 is 2.05 bits per heavy atom. The number of hydrogen-bond donors (Lipinski definition) is 1. The molecule has 1 aromatic heterocycles. The van der Waals surface area contributed by atoms with Crippen LogP contribution in [0.15, 0.2) is 18.3 Å². The van der Waals surface area contributed by atoms with E-state index in [2.05, 4.69) is 54.1 Å². The molecule has 0 radical (unpaired) electrons. The van der Waals surface area contributed by atoms with Gasteiger partial charge < -0.3 is 15.1 Å². The number of aromatic nitrogens is 1. The van der Waals surface area contributed by atoms with Gasteiger partial charge in [-0.1, -0.05) is 6.07 Å². The van der Waals surface area contributed by atoms with Crippen LogP contribution in [0.1, 0.15) is 31.9 Å². The first kappa shape index (κ1) is 15.9. The minimum absolute atomic E-state index is 0.326. The molecule has 0 saturated carbocycles. The summed E-state index contributed by atoms with van der Waals surface area (Å²) in [7, 11) is 6.22. The number of hydrogen-bond acceptors (Lipinski definition) is 4. The Labute approximate surface area is 117 Å². The largest absolute Gasteiger partial charge is 0.357 e. The van der Waals surface area contributed by atoms with Crippen molar-refractivity contribution in [2.24, 2.45) is 0 Å². The second-order valence-corrected chi connectivity index (χ2v) is 5.16. The highest BCUT2D eigenvalue weighted by molar-refractivity contribution is 5.48. The van der Waals surface area contributed by atoms with E-state index >= 15 is 0 Å². The topological polar surface area (TPSA) is 31.4 Å². The fourth-order valence-electron chi connectivity index (χ4n) is 2.16. The van der Waals surface area contributed by atoms with Crippen LogP contribution in [0.2, 0.25) is 0 Å². The zero-order chi connectivity index (χ0) is 14.3. The van der Waals surface area contributed by atoms with Gasteiger partial charge >= 0.3 is 0 Å². The Morgan fingerprint density at radius 1 is 1.32 bits per heavy atom. The first-order chi connectivity index (χ1) is 9.10. The second-order valence-electron chi connectivity index (χ2n) is 5.16. The van der Waals surface area contributed by atoms with Gasteiger partial charge in [-0.15, -0.1) is 0 Å². The van der Waals surface area contributed by atoms with Gasteiger partial charge in [0.25, 0.3) is 0 Å². The van der Waals surface area contributed by atoms with Crippen LogP contribution < -0.4 is 10.2 Å². The lowest BCUT2D eigenvalue weighted by Gasteiger charge is -2.26. The molecule has 0 bridgehead atoms. The third kappa shape index (κ3) is 4.80. The van der Waals surface area contributed by atoms with E-state index in [-0.39, 0.29) is 0 Å². The average molecular weight is 264 g/mol. The molecule has 1 unspecified atom stereocenters. The van der Waals surface area contributed by atoms with Gasteiger partial charge in [0.2, 0.25) is 0 Å².